The zero-order valence-corrected chi connectivity index (χ0v) is 22.8. The van der Waals surface area contributed by atoms with Gasteiger partial charge < -0.3 is 4.57 Å². The third-order valence-corrected chi connectivity index (χ3v) is 6.08. The number of halogens is 2. The zero-order valence-electron chi connectivity index (χ0n) is 18.7. The molecule has 31 heavy (non-hydrogen) atoms. The first kappa shape index (κ1) is 27.6. The Bertz CT molecular complexity index is 1150. The molecule has 1 nitrogen and oxygen atoms in total. The molecule has 160 valence electrons. The van der Waals surface area contributed by atoms with Crippen LogP contribution in [0.2, 0.25) is 0 Å². The van der Waals surface area contributed by atoms with E-state index in [2.05, 4.69) is 118 Å². The number of hydrogen-bond donors (Lipinski definition) is 0. The van der Waals surface area contributed by atoms with Gasteiger partial charge in [0.15, 0.2) is 0 Å². The van der Waals surface area contributed by atoms with Crippen LogP contribution in [-0.2, 0) is 26.2 Å². The van der Waals surface area contributed by atoms with E-state index in [0.29, 0.717) is 0 Å². The molecule has 1 aliphatic rings. The van der Waals surface area contributed by atoms with Crippen molar-refractivity contribution in [2.45, 2.75) is 34.6 Å². The molecule has 0 aliphatic heterocycles. The maximum Gasteiger partial charge on any atom is 2.00 e. The minimum absolute atomic E-state index is 0. The van der Waals surface area contributed by atoms with Crippen LogP contribution in [-0.4, -0.2) is 4.57 Å². The number of aromatic nitrogens is 1. The smallest absolute Gasteiger partial charge is 0.396 e. The molecule has 0 saturated carbocycles. The molecule has 1 aliphatic carbocycles. The maximum absolute atomic E-state index is 3.44. The van der Waals surface area contributed by atoms with Crippen molar-refractivity contribution < 1.29 is 26.2 Å². The molecule has 4 aromatic rings. The molecule has 1 aromatic heterocycles. The first-order valence-corrected chi connectivity index (χ1v) is 9.89. The van der Waals surface area contributed by atoms with Gasteiger partial charge in [-0.05, 0) is 22.8 Å². The molecule has 0 spiro atoms. The number of nitrogens with zero attached hydrogens (tertiary/aromatic N) is 1. The Morgan fingerprint density at radius 1 is 0.806 bits per heavy atom. The molecular weight excluding hydrogens is 500 g/mol. The van der Waals surface area contributed by atoms with E-state index >= 15 is 0 Å². The molecule has 5 rings (SSSR count). The minimum Gasteiger partial charge on any atom is -0.396 e. The van der Waals surface area contributed by atoms with Gasteiger partial charge in [-0.1, -0.05) is 98.5 Å². The van der Waals surface area contributed by atoms with E-state index < -0.39 is 0 Å². The van der Waals surface area contributed by atoms with Gasteiger partial charge >= 0.3 is 26.2 Å². The number of fused-ring (bicyclic) bond motifs is 2. The summed E-state index contributed by atoms with van der Waals surface area (Å²) in [6, 6.07) is 23.5. The van der Waals surface area contributed by atoms with Crippen LogP contribution in [0.1, 0.15) is 34.6 Å². The third kappa shape index (κ3) is 5.31. The predicted molar refractivity (Wildman–Crippen MR) is 135 cm³/mol. The topological polar surface area (TPSA) is 4.93 Å². The van der Waals surface area contributed by atoms with Crippen molar-refractivity contribution in [2.75, 3.05) is 0 Å². The molecule has 0 N–H and O–H groups in total. The summed E-state index contributed by atoms with van der Waals surface area (Å²) in [5, 5.41) is 3.88. The fourth-order valence-corrected chi connectivity index (χ4v) is 4.04. The average Bonchev–Trinajstić information content (AvgIpc) is 3.34. The van der Waals surface area contributed by atoms with Crippen LogP contribution < -0.4 is 0 Å². The molecule has 1 heterocycles. The Morgan fingerprint density at radius 3 is 2.00 bits per heavy atom. The monoisotopic (exact) mass is 527 g/mol. The van der Waals surface area contributed by atoms with E-state index in [-0.39, 0.29) is 56.4 Å². The molecule has 0 fully saturated rings. The van der Waals surface area contributed by atoms with Gasteiger partial charge in [0.05, 0.1) is 0 Å². The number of allylic oxidation sites excluding steroid dienone is 4. The van der Waals surface area contributed by atoms with Crippen molar-refractivity contribution in [1.29, 1.82) is 0 Å². The van der Waals surface area contributed by atoms with Gasteiger partial charge in [0.25, 0.3) is 0 Å². The van der Waals surface area contributed by atoms with Gasteiger partial charge in [-0.3, -0.25) is 6.08 Å². The van der Waals surface area contributed by atoms with Crippen LogP contribution in [0.25, 0.3) is 27.4 Å². The van der Waals surface area contributed by atoms with Crippen LogP contribution in [0.15, 0.2) is 89.6 Å². The largest absolute Gasteiger partial charge is 2.00 e. The normalized spacial score (nSPS) is 14.2. The van der Waals surface area contributed by atoms with E-state index in [0.717, 1.165) is 0 Å². The van der Waals surface area contributed by atoms with Crippen molar-refractivity contribution >= 4 is 46.5 Å². The van der Waals surface area contributed by atoms with Gasteiger partial charge in [0, 0.05) is 0 Å². The summed E-state index contributed by atoms with van der Waals surface area (Å²) in [6.45, 7) is 10.9. The summed E-state index contributed by atoms with van der Waals surface area (Å²) in [5.74, 6) is 0. The molecule has 4 heteroatoms. The number of para-hydroxylation sites is 1. The molecular formula is C27H29Cl2NZr. The first-order valence-electron chi connectivity index (χ1n) is 9.89. The number of rotatable bonds is 1. The fraction of sp³-hybridized carbons (Fsp3) is 0.222. The Balaban J connectivity index is 0.000000324. The Labute approximate surface area is 217 Å². The van der Waals surface area contributed by atoms with E-state index in [1.807, 2.05) is 0 Å². The van der Waals surface area contributed by atoms with E-state index in [9.17, 15) is 0 Å². The summed E-state index contributed by atoms with van der Waals surface area (Å²) in [7, 11) is 0. The van der Waals surface area contributed by atoms with E-state index in [1.165, 1.54) is 44.1 Å². The third-order valence-electron chi connectivity index (χ3n) is 6.08. The molecule has 0 bridgehead atoms. The summed E-state index contributed by atoms with van der Waals surface area (Å²) in [4.78, 5) is 0. The quantitative estimate of drug-likeness (QED) is 0.218. The summed E-state index contributed by atoms with van der Waals surface area (Å²) in [6.07, 6.45) is 5.58. The van der Waals surface area contributed by atoms with Crippen molar-refractivity contribution in [3.63, 3.8) is 0 Å². The molecule has 0 amide bonds. The second kappa shape index (κ2) is 10.9. The number of hydrogen-bond acceptors (Lipinski definition) is 0. The Kier molecular flexibility index (Phi) is 9.70. The van der Waals surface area contributed by atoms with Crippen LogP contribution in [0.3, 0.4) is 0 Å². The second-order valence-corrected chi connectivity index (χ2v) is 8.18. The van der Waals surface area contributed by atoms with Gasteiger partial charge in [-0.2, -0.15) is 11.1 Å². The van der Waals surface area contributed by atoms with Crippen molar-refractivity contribution in [1.82, 2.24) is 4.57 Å². The maximum atomic E-state index is 3.44. The van der Waals surface area contributed by atoms with Gasteiger partial charge in [0.1, 0.15) is 0 Å². The Morgan fingerprint density at radius 2 is 1.42 bits per heavy atom. The zero-order chi connectivity index (χ0) is 19.9. The van der Waals surface area contributed by atoms with Crippen molar-refractivity contribution in [3.8, 4) is 5.69 Å². The van der Waals surface area contributed by atoms with Gasteiger partial charge in [0.2, 0.25) is 0 Å². The standard InChI is InChI=1S/C17H12N.C10H15.2ClH.Zr/c1-3-7-15-13(5-1)9-10-17(15)18-12-11-14-6-2-4-8-16(14)18;1-7-6-10(4,5)9(3)8(7)2;;;/h1-12H;1-5H3;2*1H;/q2*-1;;;+2. The summed E-state index contributed by atoms with van der Waals surface area (Å²) >= 11 is 0. The van der Waals surface area contributed by atoms with Gasteiger partial charge in [-0.25, -0.2) is 5.57 Å². The van der Waals surface area contributed by atoms with Crippen LogP contribution >= 0.6 is 24.8 Å². The Hall–Kier alpha value is -1.47. The molecule has 0 radical (unpaired) electrons. The van der Waals surface area contributed by atoms with Crippen molar-refractivity contribution in [2.24, 2.45) is 5.41 Å². The predicted octanol–water partition coefficient (Wildman–Crippen LogP) is 8.46. The molecule has 0 unspecified atom stereocenters. The van der Waals surface area contributed by atoms with Crippen LogP contribution in [0, 0.1) is 11.5 Å². The summed E-state index contributed by atoms with van der Waals surface area (Å²) in [5.41, 5.74) is 6.91. The SMILES string of the molecule is CC1=[C-]C(C)(C)C(C)=C1C.Cl.Cl.[Zr+2].c1ccc2c(c1)cc[c-]2-n1ccc2ccccc21. The minimum atomic E-state index is 0. The molecule has 3 aromatic carbocycles. The second-order valence-electron chi connectivity index (χ2n) is 8.18. The first-order chi connectivity index (χ1) is 13.4. The van der Waals surface area contributed by atoms with Crippen molar-refractivity contribution in [3.05, 3.63) is 95.7 Å². The molecule has 0 saturated heterocycles. The molecule has 0 atom stereocenters. The van der Waals surface area contributed by atoms with E-state index in [1.54, 1.807) is 0 Å². The average molecular weight is 530 g/mol. The van der Waals surface area contributed by atoms with Gasteiger partial charge in [-0.15, -0.1) is 43.9 Å². The van der Waals surface area contributed by atoms with Crippen LogP contribution in [0.5, 0.6) is 0 Å². The van der Waals surface area contributed by atoms with E-state index in [4.69, 9.17) is 0 Å². The van der Waals surface area contributed by atoms with Crippen LogP contribution in [0.4, 0.5) is 0 Å². The number of benzene rings is 2. The fourth-order valence-electron chi connectivity index (χ4n) is 4.04. The summed E-state index contributed by atoms with van der Waals surface area (Å²) < 4.78 is 2.26.